The molecule has 0 radical (unpaired) electrons. The van der Waals surface area contributed by atoms with Crippen LogP contribution in [0.25, 0.3) is 0 Å². The summed E-state index contributed by atoms with van der Waals surface area (Å²) in [6.07, 6.45) is 8.86. The molecule has 0 spiro atoms. The van der Waals surface area contributed by atoms with Crippen LogP contribution < -0.4 is 5.32 Å². The molecule has 0 saturated carbocycles. The fourth-order valence-electron chi connectivity index (χ4n) is 4.09. The summed E-state index contributed by atoms with van der Waals surface area (Å²) in [4.78, 5) is 2.77. The van der Waals surface area contributed by atoms with E-state index in [9.17, 15) is 0 Å². The van der Waals surface area contributed by atoms with Crippen molar-refractivity contribution in [2.24, 2.45) is 7.05 Å². The van der Waals surface area contributed by atoms with Crippen molar-refractivity contribution in [1.82, 2.24) is 20.0 Å². The van der Waals surface area contributed by atoms with Gasteiger partial charge >= 0.3 is 0 Å². The maximum atomic E-state index is 4.40. The number of hydrogen-bond donors (Lipinski definition) is 1. The van der Waals surface area contributed by atoms with E-state index < -0.39 is 0 Å². The Morgan fingerprint density at radius 3 is 2.55 bits per heavy atom. The standard InChI is InChI=1S/C16H28N4/c1-4-17-14-8-15-6-5-7-16(9-14)20(15)11-13-10-18-19(3)12(13)2/h10,14-17H,4-9,11H2,1-3H3. The van der Waals surface area contributed by atoms with Crippen molar-refractivity contribution in [2.75, 3.05) is 6.54 Å². The van der Waals surface area contributed by atoms with E-state index in [1.165, 1.54) is 43.4 Å². The molecule has 1 aromatic heterocycles. The molecule has 0 aromatic carbocycles. The van der Waals surface area contributed by atoms with E-state index in [4.69, 9.17) is 0 Å². The molecule has 2 bridgehead atoms. The minimum atomic E-state index is 0.738. The Bertz CT molecular complexity index is 439. The first-order valence-corrected chi connectivity index (χ1v) is 8.15. The third-order valence-corrected chi connectivity index (χ3v) is 5.31. The first kappa shape index (κ1) is 14.1. The predicted molar refractivity (Wildman–Crippen MR) is 81.6 cm³/mol. The average Bonchev–Trinajstić information content (AvgIpc) is 2.72. The van der Waals surface area contributed by atoms with Gasteiger partial charge in [-0.15, -0.1) is 0 Å². The predicted octanol–water partition coefficient (Wildman–Crippen LogP) is 2.22. The summed E-state index contributed by atoms with van der Waals surface area (Å²) in [5, 5.41) is 8.07. The largest absolute Gasteiger partial charge is 0.314 e. The number of fused-ring (bicyclic) bond motifs is 2. The molecule has 20 heavy (non-hydrogen) atoms. The lowest BCUT2D eigenvalue weighted by molar-refractivity contribution is 0.0178. The fraction of sp³-hybridized carbons (Fsp3) is 0.812. The van der Waals surface area contributed by atoms with Crippen LogP contribution in [0.5, 0.6) is 0 Å². The zero-order chi connectivity index (χ0) is 14.1. The van der Waals surface area contributed by atoms with Crippen LogP contribution in [0.3, 0.4) is 0 Å². The van der Waals surface area contributed by atoms with Crippen molar-refractivity contribution >= 4 is 0 Å². The molecule has 1 N–H and O–H groups in total. The van der Waals surface area contributed by atoms with Gasteiger partial charge in [0.25, 0.3) is 0 Å². The molecule has 2 fully saturated rings. The topological polar surface area (TPSA) is 33.1 Å². The number of piperidine rings is 2. The van der Waals surface area contributed by atoms with E-state index in [0.717, 1.165) is 31.2 Å². The van der Waals surface area contributed by atoms with Crippen molar-refractivity contribution in [3.63, 3.8) is 0 Å². The summed E-state index contributed by atoms with van der Waals surface area (Å²) in [6, 6.07) is 2.28. The maximum absolute atomic E-state index is 4.40. The Hall–Kier alpha value is -0.870. The lowest BCUT2D eigenvalue weighted by atomic mass is 9.81. The van der Waals surface area contributed by atoms with Gasteiger partial charge in [-0.05, 0) is 39.2 Å². The number of aromatic nitrogens is 2. The molecule has 3 heterocycles. The fourth-order valence-corrected chi connectivity index (χ4v) is 4.09. The summed E-state index contributed by atoms with van der Waals surface area (Å²) in [5.74, 6) is 0. The summed E-state index contributed by atoms with van der Waals surface area (Å²) >= 11 is 0. The molecule has 0 amide bonds. The third kappa shape index (κ3) is 2.63. The van der Waals surface area contributed by atoms with Gasteiger partial charge in [0, 0.05) is 43.0 Å². The Labute approximate surface area is 122 Å². The Balaban J connectivity index is 1.72. The lowest BCUT2D eigenvalue weighted by Crippen LogP contribution is -2.55. The lowest BCUT2D eigenvalue weighted by Gasteiger charge is -2.49. The van der Waals surface area contributed by atoms with Gasteiger partial charge in [-0.2, -0.15) is 5.10 Å². The zero-order valence-corrected chi connectivity index (χ0v) is 13.1. The highest BCUT2D eigenvalue weighted by atomic mass is 15.3. The van der Waals surface area contributed by atoms with Gasteiger partial charge in [0.15, 0.2) is 0 Å². The second-order valence-corrected chi connectivity index (χ2v) is 6.52. The molecule has 0 aliphatic carbocycles. The van der Waals surface area contributed by atoms with Crippen LogP contribution in [0, 0.1) is 6.92 Å². The Morgan fingerprint density at radius 2 is 2.00 bits per heavy atom. The second kappa shape index (κ2) is 5.86. The van der Waals surface area contributed by atoms with Crippen LogP contribution in [-0.2, 0) is 13.6 Å². The SMILES string of the molecule is CCNC1CC2CCCC(C1)N2Cc1cnn(C)c1C. The molecule has 3 rings (SSSR count). The number of nitrogens with one attached hydrogen (secondary N) is 1. The Kier molecular flexibility index (Phi) is 4.13. The quantitative estimate of drug-likeness (QED) is 0.915. The molecule has 4 heteroatoms. The van der Waals surface area contributed by atoms with Crippen molar-refractivity contribution in [3.05, 3.63) is 17.5 Å². The van der Waals surface area contributed by atoms with E-state index in [0.29, 0.717) is 0 Å². The first-order chi connectivity index (χ1) is 9.69. The molecule has 2 aliphatic rings. The normalized spacial score (nSPS) is 30.6. The van der Waals surface area contributed by atoms with Gasteiger partial charge in [0.05, 0.1) is 6.20 Å². The molecule has 2 unspecified atom stereocenters. The van der Waals surface area contributed by atoms with Gasteiger partial charge in [0.2, 0.25) is 0 Å². The van der Waals surface area contributed by atoms with Crippen LogP contribution >= 0.6 is 0 Å². The first-order valence-electron chi connectivity index (χ1n) is 8.15. The molecule has 2 aliphatic heterocycles. The summed E-state index contributed by atoms with van der Waals surface area (Å²) < 4.78 is 2.00. The highest BCUT2D eigenvalue weighted by Crippen LogP contribution is 2.35. The maximum Gasteiger partial charge on any atom is 0.0537 e. The van der Waals surface area contributed by atoms with Crippen molar-refractivity contribution in [1.29, 1.82) is 0 Å². The van der Waals surface area contributed by atoms with E-state index in [1.807, 2.05) is 11.7 Å². The van der Waals surface area contributed by atoms with Crippen LogP contribution in [0.15, 0.2) is 6.20 Å². The van der Waals surface area contributed by atoms with E-state index in [2.05, 4.69) is 35.4 Å². The van der Waals surface area contributed by atoms with Gasteiger partial charge in [-0.1, -0.05) is 13.3 Å². The molecular weight excluding hydrogens is 248 g/mol. The van der Waals surface area contributed by atoms with E-state index >= 15 is 0 Å². The second-order valence-electron chi connectivity index (χ2n) is 6.52. The molecule has 112 valence electrons. The summed E-state index contributed by atoms with van der Waals surface area (Å²) in [5.41, 5.74) is 2.73. The molecule has 1 aromatic rings. The third-order valence-electron chi connectivity index (χ3n) is 5.31. The molecular formula is C16H28N4. The number of hydrogen-bond acceptors (Lipinski definition) is 3. The number of aryl methyl sites for hydroxylation is 1. The highest BCUT2D eigenvalue weighted by Gasteiger charge is 2.38. The van der Waals surface area contributed by atoms with Crippen LogP contribution in [0.2, 0.25) is 0 Å². The average molecular weight is 276 g/mol. The smallest absolute Gasteiger partial charge is 0.0537 e. The van der Waals surface area contributed by atoms with Gasteiger partial charge in [-0.3, -0.25) is 9.58 Å². The Morgan fingerprint density at radius 1 is 1.30 bits per heavy atom. The minimum Gasteiger partial charge on any atom is -0.314 e. The van der Waals surface area contributed by atoms with Crippen LogP contribution in [0.4, 0.5) is 0 Å². The van der Waals surface area contributed by atoms with Crippen molar-refractivity contribution < 1.29 is 0 Å². The monoisotopic (exact) mass is 276 g/mol. The van der Waals surface area contributed by atoms with Crippen LogP contribution in [0.1, 0.15) is 50.3 Å². The molecule has 2 atom stereocenters. The van der Waals surface area contributed by atoms with E-state index in [-0.39, 0.29) is 0 Å². The zero-order valence-electron chi connectivity index (χ0n) is 13.1. The molecule has 2 saturated heterocycles. The minimum absolute atomic E-state index is 0.738. The molecule has 4 nitrogen and oxygen atoms in total. The highest BCUT2D eigenvalue weighted by molar-refractivity contribution is 5.16. The van der Waals surface area contributed by atoms with Gasteiger partial charge in [0.1, 0.15) is 0 Å². The number of nitrogens with zero attached hydrogens (tertiary/aromatic N) is 3. The summed E-state index contributed by atoms with van der Waals surface area (Å²) in [6.45, 7) is 6.60. The van der Waals surface area contributed by atoms with Crippen molar-refractivity contribution in [2.45, 2.75) is 70.6 Å². The van der Waals surface area contributed by atoms with Gasteiger partial charge < -0.3 is 5.32 Å². The van der Waals surface area contributed by atoms with E-state index in [1.54, 1.807) is 0 Å². The number of rotatable bonds is 4. The summed E-state index contributed by atoms with van der Waals surface area (Å²) in [7, 11) is 2.04. The van der Waals surface area contributed by atoms with Gasteiger partial charge in [-0.25, -0.2) is 0 Å². The van der Waals surface area contributed by atoms with Crippen LogP contribution in [-0.4, -0.2) is 39.4 Å². The van der Waals surface area contributed by atoms with Crippen molar-refractivity contribution in [3.8, 4) is 0 Å².